The Kier molecular flexibility index (Phi) is 6.64. The largest absolute Gasteiger partial charge is 0.457 e. The first-order chi connectivity index (χ1) is 13.9. The van der Waals surface area contributed by atoms with E-state index in [0.717, 1.165) is 16.3 Å². The summed E-state index contributed by atoms with van der Waals surface area (Å²) in [4.78, 5) is 12.4. The van der Waals surface area contributed by atoms with E-state index in [1.807, 2.05) is 42.5 Å². The van der Waals surface area contributed by atoms with Crippen molar-refractivity contribution < 1.29 is 22.7 Å². The molecular weight excluding hydrogens is 390 g/mol. The topological polar surface area (TPSA) is 81.7 Å². The van der Waals surface area contributed by atoms with Crippen LogP contribution >= 0.6 is 0 Å². The summed E-state index contributed by atoms with van der Waals surface area (Å²) in [5.74, 6) is -0.511. The van der Waals surface area contributed by atoms with Crippen molar-refractivity contribution in [3.8, 4) is 0 Å². The molecule has 0 aliphatic rings. The van der Waals surface area contributed by atoms with E-state index < -0.39 is 16.0 Å². The van der Waals surface area contributed by atoms with Gasteiger partial charge in [0.15, 0.2) is 0 Å². The minimum Gasteiger partial charge on any atom is -0.457 e. The fourth-order valence-electron chi connectivity index (χ4n) is 3.03. The molecule has 0 aliphatic heterocycles. The summed E-state index contributed by atoms with van der Waals surface area (Å²) in [5.41, 5.74) is 1.20. The van der Waals surface area contributed by atoms with Gasteiger partial charge in [0.2, 0.25) is 10.0 Å². The molecule has 0 saturated heterocycles. The minimum atomic E-state index is -3.69. The van der Waals surface area contributed by atoms with Gasteiger partial charge in [-0.2, -0.15) is 0 Å². The summed E-state index contributed by atoms with van der Waals surface area (Å²) in [7, 11) is -2.18. The van der Waals surface area contributed by atoms with E-state index in [9.17, 15) is 13.2 Å². The van der Waals surface area contributed by atoms with Gasteiger partial charge in [-0.05, 0) is 47.5 Å². The quantitative estimate of drug-likeness (QED) is 0.572. The lowest BCUT2D eigenvalue weighted by Crippen LogP contribution is -2.35. The van der Waals surface area contributed by atoms with Crippen LogP contribution < -0.4 is 4.72 Å². The third-order valence-electron chi connectivity index (χ3n) is 4.41. The highest BCUT2D eigenvalue weighted by molar-refractivity contribution is 7.89. The molecule has 0 saturated carbocycles. The van der Waals surface area contributed by atoms with Crippen LogP contribution in [0, 0.1) is 0 Å². The average molecular weight is 413 g/mol. The number of rotatable bonds is 8. The van der Waals surface area contributed by atoms with E-state index in [2.05, 4.69) is 4.72 Å². The molecule has 3 aromatic carbocycles. The van der Waals surface area contributed by atoms with Gasteiger partial charge in [0.25, 0.3) is 0 Å². The highest BCUT2D eigenvalue weighted by atomic mass is 32.2. The lowest BCUT2D eigenvalue weighted by atomic mass is 10.1. The number of nitrogens with one attached hydrogen (secondary N) is 1. The monoisotopic (exact) mass is 413 g/mol. The first kappa shape index (κ1) is 21.0. The zero-order valence-corrected chi connectivity index (χ0v) is 17.1. The Balaban J connectivity index is 1.67. The van der Waals surface area contributed by atoms with E-state index >= 15 is 0 Å². The number of methoxy groups -OCH3 is 1. The molecule has 1 atom stereocenters. The average Bonchev–Trinajstić information content (AvgIpc) is 2.72. The maximum atomic E-state index is 12.4. The van der Waals surface area contributed by atoms with Gasteiger partial charge in [-0.1, -0.05) is 42.5 Å². The number of esters is 1. The Morgan fingerprint density at radius 1 is 1.00 bits per heavy atom. The third-order valence-corrected chi connectivity index (χ3v) is 6.02. The van der Waals surface area contributed by atoms with Gasteiger partial charge in [-0.15, -0.1) is 0 Å². The molecule has 6 nitrogen and oxygen atoms in total. The van der Waals surface area contributed by atoms with Crippen molar-refractivity contribution in [3.63, 3.8) is 0 Å². The van der Waals surface area contributed by atoms with Crippen LogP contribution in [-0.2, 0) is 26.1 Å². The molecule has 0 aromatic heterocycles. The second kappa shape index (κ2) is 9.17. The first-order valence-corrected chi connectivity index (χ1v) is 10.6. The fraction of sp³-hybridized carbons (Fsp3) is 0.227. The van der Waals surface area contributed by atoms with Gasteiger partial charge in [-0.3, -0.25) is 0 Å². The first-order valence-electron chi connectivity index (χ1n) is 9.16. The number of sulfonamides is 1. The van der Waals surface area contributed by atoms with Crippen molar-refractivity contribution in [2.24, 2.45) is 0 Å². The molecule has 0 aliphatic carbocycles. The highest BCUT2D eigenvalue weighted by Crippen LogP contribution is 2.20. The number of carbonyl (C=O) groups is 1. The van der Waals surface area contributed by atoms with Gasteiger partial charge in [0.1, 0.15) is 6.61 Å². The third kappa shape index (κ3) is 5.20. The number of carbonyl (C=O) groups excluding carboxylic acids is 1. The van der Waals surface area contributed by atoms with Gasteiger partial charge in [0, 0.05) is 13.2 Å². The van der Waals surface area contributed by atoms with Crippen molar-refractivity contribution in [2.45, 2.75) is 24.5 Å². The van der Waals surface area contributed by atoms with Gasteiger partial charge in [-0.25, -0.2) is 17.9 Å². The van der Waals surface area contributed by atoms with Crippen LogP contribution in [-0.4, -0.2) is 34.1 Å². The maximum Gasteiger partial charge on any atom is 0.338 e. The van der Waals surface area contributed by atoms with Crippen molar-refractivity contribution in [1.82, 2.24) is 4.72 Å². The summed E-state index contributed by atoms with van der Waals surface area (Å²) in [6.07, 6.45) is 0. The summed E-state index contributed by atoms with van der Waals surface area (Å²) < 4.78 is 37.6. The maximum absolute atomic E-state index is 12.4. The Morgan fingerprint density at radius 2 is 1.69 bits per heavy atom. The highest BCUT2D eigenvalue weighted by Gasteiger charge is 2.18. The van der Waals surface area contributed by atoms with Gasteiger partial charge >= 0.3 is 5.97 Å². The second-order valence-electron chi connectivity index (χ2n) is 6.72. The number of ether oxygens (including phenoxy) is 2. The number of benzene rings is 3. The molecule has 3 aromatic rings. The van der Waals surface area contributed by atoms with Crippen LogP contribution in [0.1, 0.15) is 22.8 Å². The zero-order chi connectivity index (χ0) is 20.9. The van der Waals surface area contributed by atoms with Crippen molar-refractivity contribution in [2.75, 3.05) is 13.7 Å². The Morgan fingerprint density at radius 3 is 2.41 bits per heavy atom. The molecule has 0 radical (unpaired) electrons. The zero-order valence-electron chi connectivity index (χ0n) is 16.3. The van der Waals surface area contributed by atoms with E-state index in [1.54, 1.807) is 6.92 Å². The molecule has 0 heterocycles. The minimum absolute atomic E-state index is 0.0751. The normalized spacial score (nSPS) is 12.6. The fourth-order valence-corrected chi connectivity index (χ4v) is 4.26. The second-order valence-corrected chi connectivity index (χ2v) is 8.43. The van der Waals surface area contributed by atoms with Crippen molar-refractivity contribution in [1.29, 1.82) is 0 Å². The molecule has 0 fully saturated rings. The van der Waals surface area contributed by atoms with Crippen molar-refractivity contribution in [3.05, 3.63) is 77.9 Å². The summed E-state index contributed by atoms with van der Waals surface area (Å²) >= 11 is 0. The lowest BCUT2D eigenvalue weighted by molar-refractivity contribution is 0.0474. The van der Waals surface area contributed by atoms with Crippen LogP contribution in [0.2, 0.25) is 0 Å². The molecule has 29 heavy (non-hydrogen) atoms. The predicted octanol–water partition coefficient (Wildman–Crippen LogP) is 3.51. The molecule has 0 unspecified atom stereocenters. The van der Waals surface area contributed by atoms with Gasteiger partial charge in [0.05, 0.1) is 17.1 Å². The van der Waals surface area contributed by atoms with E-state index in [-0.39, 0.29) is 29.7 Å². The predicted molar refractivity (Wildman–Crippen MR) is 111 cm³/mol. The van der Waals surface area contributed by atoms with Crippen LogP contribution in [0.25, 0.3) is 10.8 Å². The molecule has 7 heteroatoms. The number of hydrogen-bond acceptors (Lipinski definition) is 5. The molecule has 0 spiro atoms. The smallest absolute Gasteiger partial charge is 0.338 e. The molecule has 152 valence electrons. The summed E-state index contributed by atoms with van der Waals surface area (Å²) in [6, 6.07) is 19.0. The molecule has 1 N–H and O–H groups in total. The van der Waals surface area contributed by atoms with E-state index in [1.165, 1.54) is 31.4 Å². The number of hydrogen-bond donors (Lipinski definition) is 1. The lowest BCUT2D eigenvalue weighted by Gasteiger charge is -2.13. The van der Waals surface area contributed by atoms with Crippen molar-refractivity contribution >= 4 is 26.8 Å². The van der Waals surface area contributed by atoms with Gasteiger partial charge < -0.3 is 9.47 Å². The van der Waals surface area contributed by atoms with Crippen LogP contribution in [0.4, 0.5) is 0 Å². The summed E-state index contributed by atoms with van der Waals surface area (Å²) in [6.45, 7) is 2.11. The standard InChI is InChI=1S/C22H23NO5S/c1-16(14-27-2)23-29(25,26)20-12-10-18(11-13-20)22(24)28-15-19-8-5-7-17-6-3-4-9-21(17)19/h3-13,16,23H,14-15H2,1-2H3/t16-/m0/s1. The summed E-state index contributed by atoms with van der Waals surface area (Å²) in [5, 5.41) is 2.10. The van der Waals surface area contributed by atoms with Crippen LogP contribution in [0.3, 0.4) is 0 Å². The van der Waals surface area contributed by atoms with E-state index in [4.69, 9.17) is 9.47 Å². The SMILES string of the molecule is COC[C@H](C)NS(=O)(=O)c1ccc(C(=O)OCc2cccc3ccccc23)cc1. The molecule has 3 rings (SSSR count). The van der Waals surface area contributed by atoms with Crippen LogP contribution in [0.15, 0.2) is 71.6 Å². The molecule has 0 amide bonds. The molecular formula is C22H23NO5S. The Labute approximate surface area is 170 Å². The Hall–Kier alpha value is -2.74. The van der Waals surface area contributed by atoms with E-state index in [0.29, 0.717) is 0 Å². The number of fused-ring (bicyclic) bond motifs is 1. The van der Waals surface area contributed by atoms with Crippen LogP contribution in [0.5, 0.6) is 0 Å². The Bertz CT molecular complexity index is 1090. The molecule has 0 bridgehead atoms.